The largest absolute Gasteiger partial charge is 0.370 e. The minimum atomic E-state index is -0.564. The molecule has 0 saturated carbocycles. The first-order valence-corrected chi connectivity index (χ1v) is 10.4. The van der Waals surface area contributed by atoms with E-state index < -0.39 is 5.97 Å². The van der Waals surface area contributed by atoms with Gasteiger partial charge in [-0.05, 0) is 44.2 Å². The summed E-state index contributed by atoms with van der Waals surface area (Å²) in [5.74, 6) is 0.733. The summed E-state index contributed by atoms with van der Waals surface area (Å²) in [6.07, 6.45) is 7.96. The highest BCUT2D eigenvalue weighted by Crippen LogP contribution is 2.24. The van der Waals surface area contributed by atoms with Crippen molar-refractivity contribution in [1.82, 2.24) is 10.3 Å². The number of thioether (sulfide) groups is 1. The van der Waals surface area contributed by atoms with E-state index >= 15 is 0 Å². The molecule has 0 bridgehead atoms. The molecule has 26 heavy (non-hydrogen) atoms. The number of unbranched alkanes of at least 4 members (excludes halogenated alkanes) is 2. The molecule has 0 aliphatic carbocycles. The molecule has 1 rings (SSSR count). The lowest BCUT2D eigenvalue weighted by Gasteiger charge is -2.12. The first-order valence-electron chi connectivity index (χ1n) is 9.15. The smallest absolute Gasteiger partial charge is 0.219 e. The summed E-state index contributed by atoms with van der Waals surface area (Å²) >= 11 is 1.60. The molecule has 0 spiro atoms. The summed E-state index contributed by atoms with van der Waals surface area (Å²) in [6.45, 7) is 10.9. The molecule has 0 aromatic carbocycles. The van der Waals surface area contributed by atoms with Crippen LogP contribution in [0.4, 0.5) is 10.2 Å². The van der Waals surface area contributed by atoms with Crippen LogP contribution < -0.4 is 10.6 Å². The van der Waals surface area contributed by atoms with E-state index in [1.165, 1.54) is 0 Å². The molecule has 2 N–H and O–H groups in total. The maximum absolute atomic E-state index is 14.3. The van der Waals surface area contributed by atoms with E-state index in [-0.39, 0.29) is 6.54 Å². The van der Waals surface area contributed by atoms with Crippen LogP contribution in [-0.4, -0.2) is 30.3 Å². The van der Waals surface area contributed by atoms with Gasteiger partial charge in [0.15, 0.2) is 0 Å². The van der Waals surface area contributed by atoms with Crippen molar-refractivity contribution >= 4 is 23.5 Å². The normalized spacial score (nSPS) is 12.2. The number of nitrogens with zero attached hydrogens (tertiary/aromatic N) is 2. The zero-order valence-corrected chi connectivity index (χ0v) is 17.2. The molecule has 0 aliphatic heterocycles. The molecule has 1 heterocycles. The third-order valence-electron chi connectivity index (χ3n) is 3.84. The van der Waals surface area contributed by atoms with E-state index in [4.69, 9.17) is 0 Å². The van der Waals surface area contributed by atoms with Gasteiger partial charge < -0.3 is 10.6 Å². The molecule has 0 radical (unpaired) electrons. The molecule has 1 aromatic heterocycles. The molecule has 0 atom stereocenters. The minimum absolute atomic E-state index is 0.260. The predicted octanol–water partition coefficient (Wildman–Crippen LogP) is 5.34. The van der Waals surface area contributed by atoms with Crippen molar-refractivity contribution in [3.05, 3.63) is 41.9 Å². The fourth-order valence-electron chi connectivity index (χ4n) is 2.22. The zero-order valence-electron chi connectivity index (χ0n) is 16.4. The number of anilines is 1. The number of pyridine rings is 1. The maximum atomic E-state index is 14.3. The lowest BCUT2D eigenvalue weighted by Crippen LogP contribution is -2.16. The Morgan fingerprint density at radius 1 is 1.35 bits per heavy atom. The lowest BCUT2D eigenvalue weighted by atomic mass is 10.2. The predicted molar refractivity (Wildman–Crippen MR) is 113 cm³/mol. The molecular formula is C20H31FN4S. The monoisotopic (exact) mass is 378 g/mol. The molecule has 0 aliphatic rings. The van der Waals surface area contributed by atoms with Crippen LogP contribution in [0.25, 0.3) is 0 Å². The highest BCUT2D eigenvalue weighted by atomic mass is 32.2. The van der Waals surface area contributed by atoms with E-state index in [1.807, 2.05) is 25.3 Å². The first kappa shape index (κ1) is 22.2. The number of nitrogens with one attached hydrogen (secondary N) is 2. The number of allylic oxidation sites excluding steroid dienone is 1. The van der Waals surface area contributed by atoms with Crippen molar-refractivity contribution in [3.8, 4) is 0 Å². The van der Waals surface area contributed by atoms with Crippen LogP contribution in [0.15, 0.2) is 46.1 Å². The third kappa shape index (κ3) is 7.60. The van der Waals surface area contributed by atoms with Crippen molar-refractivity contribution in [2.45, 2.75) is 51.3 Å². The van der Waals surface area contributed by atoms with Gasteiger partial charge >= 0.3 is 0 Å². The Morgan fingerprint density at radius 2 is 2.12 bits per heavy atom. The number of hydrogen-bond donors (Lipinski definition) is 2. The van der Waals surface area contributed by atoms with Crippen LogP contribution >= 0.6 is 11.8 Å². The van der Waals surface area contributed by atoms with E-state index in [0.717, 1.165) is 48.6 Å². The Balaban J connectivity index is 2.66. The molecule has 0 saturated heterocycles. The first-order chi connectivity index (χ1) is 12.5. The van der Waals surface area contributed by atoms with Gasteiger partial charge in [0.05, 0.1) is 0 Å². The average Bonchev–Trinajstić information content (AvgIpc) is 2.67. The summed E-state index contributed by atoms with van der Waals surface area (Å²) in [5.41, 5.74) is 1.30. The number of halogens is 1. The number of aliphatic imine (C=N–C) groups is 1. The van der Waals surface area contributed by atoms with E-state index in [0.29, 0.717) is 11.4 Å². The van der Waals surface area contributed by atoms with Gasteiger partial charge in [0.25, 0.3) is 0 Å². The summed E-state index contributed by atoms with van der Waals surface area (Å²) in [4.78, 5) is 9.61. The Labute approximate surface area is 161 Å². The van der Waals surface area contributed by atoms with Crippen LogP contribution in [0.2, 0.25) is 0 Å². The van der Waals surface area contributed by atoms with Crippen LogP contribution in [-0.2, 0) is 6.42 Å². The lowest BCUT2D eigenvalue weighted by molar-refractivity contribution is 0.660. The van der Waals surface area contributed by atoms with Gasteiger partial charge in [0.2, 0.25) is 5.97 Å². The van der Waals surface area contributed by atoms with Crippen LogP contribution in [0.3, 0.4) is 0 Å². The quantitative estimate of drug-likeness (QED) is 0.293. The number of rotatable bonds is 12. The summed E-state index contributed by atoms with van der Waals surface area (Å²) in [7, 11) is 0. The van der Waals surface area contributed by atoms with E-state index in [1.54, 1.807) is 17.8 Å². The van der Waals surface area contributed by atoms with Crippen LogP contribution in [0.5, 0.6) is 0 Å². The van der Waals surface area contributed by atoms with Crippen LogP contribution in [0, 0.1) is 0 Å². The Hall–Kier alpha value is -1.82. The maximum Gasteiger partial charge on any atom is 0.219 e. The van der Waals surface area contributed by atoms with Crippen LogP contribution in [0.1, 0.15) is 45.7 Å². The molecule has 0 amide bonds. The molecule has 6 heteroatoms. The molecule has 0 unspecified atom stereocenters. The molecule has 0 fully saturated rings. The van der Waals surface area contributed by atoms with Gasteiger partial charge in [0.1, 0.15) is 11.6 Å². The average molecular weight is 379 g/mol. The van der Waals surface area contributed by atoms with Gasteiger partial charge in [-0.25, -0.2) is 9.98 Å². The Morgan fingerprint density at radius 3 is 2.73 bits per heavy atom. The molecule has 144 valence electrons. The highest BCUT2D eigenvalue weighted by Gasteiger charge is 2.09. The van der Waals surface area contributed by atoms with Crippen molar-refractivity contribution in [2.75, 3.05) is 24.7 Å². The summed E-state index contributed by atoms with van der Waals surface area (Å²) in [5, 5.41) is 6.33. The Kier molecular flexibility index (Phi) is 10.7. The topological polar surface area (TPSA) is 49.3 Å². The fraction of sp³-hybridized carbons (Fsp3) is 0.500. The van der Waals surface area contributed by atoms with Gasteiger partial charge in [-0.1, -0.05) is 33.3 Å². The third-order valence-corrected chi connectivity index (χ3v) is 4.61. The molecule has 1 aromatic rings. The SMILES string of the molecule is C=C(CNc1nc(CC)ccc1SC)C(F)=N/C(=C\C)NCCCCC. The second kappa shape index (κ2) is 12.5. The van der Waals surface area contributed by atoms with E-state index in [9.17, 15) is 4.39 Å². The van der Waals surface area contributed by atoms with Crippen molar-refractivity contribution < 1.29 is 4.39 Å². The van der Waals surface area contributed by atoms with Gasteiger partial charge in [-0.3, -0.25) is 0 Å². The molecule has 4 nitrogen and oxygen atoms in total. The fourth-order valence-corrected chi connectivity index (χ4v) is 2.74. The molecular weight excluding hydrogens is 347 g/mol. The van der Waals surface area contributed by atoms with Gasteiger partial charge in [-0.15, -0.1) is 11.8 Å². The van der Waals surface area contributed by atoms with Gasteiger partial charge in [0, 0.05) is 29.3 Å². The van der Waals surface area contributed by atoms with Crippen molar-refractivity contribution in [3.63, 3.8) is 0 Å². The number of hydrogen-bond acceptors (Lipinski definition) is 5. The Bertz CT molecular complexity index is 641. The zero-order chi connectivity index (χ0) is 19.4. The van der Waals surface area contributed by atoms with E-state index in [2.05, 4.69) is 41.0 Å². The highest BCUT2D eigenvalue weighted by molar-refractivity contribution is 7.98. The number of aryl methyl sites for hydroxylation is 1. The summed E-state index contributed by atoms with van der Waals surface area (Å²) < 4.78 is 14.3. The second-order valence-corrected chi connectivity index (χ2v) is 6.72. The summed E-state index contributed by atoms with van der Waals surface area (Å²) in [6, 6.07) is 4.04. The van der Waals surface area contributed by atoms with Gasteiger partial charge in [-0.2, -0.15) is 4.39 Å². The van der Waals surface area contributed by atoms with Crippen molar-refractivity contribution in [1.29, 1.82) is 0 Å². The van der Waals surface area contributed by atoms with Crippen molar-refractivity contribution in [2.24, 2.45) is 4.99 Å². The standard InChI is InChI=1S/C20H31FN4S/c1-6-9-10-13-22-18(8-3)25-19(21)15(4)14-23-20-17(26-5)12-11-16(7-2)24-20/h8,11-12,22H,4,6-7,9-10,13-14H2,1-3,5H3,(H,23,24)/b18-8-,25-19?. The second-order valence-electron chi connectivity index (χ2n) is 5.87. The number of aromatic nitrogens is 1. The minimum Gasteiger partial charge on any atom is -0.370 e.